The van der Waals surface area contributed by atoms with Crippen molar-refractivity contribution in [3.63, 3.8) is 0 Å². The predicted octanol–water partition coefficient (Wildman–Crippen LogP) is 0.650. The third-order valence-electron chi connectivity index (χ3n) is 5.32. The normalized spacial score (nSPS) is 14.7. The molecule has 2 aromatic heterocycles. The second-order valence-corrected chi connectivity index (χ2v) is 7.99. The third kappa shape index (κ3) is 6.93. The molecule has 0 amide bonds. The Kier molecular flexibility index (Phi) is 8.82. The second-order valence-electron chi connectivity index (χ2n) is 7.99. The molecule has 184 valence electrons. The molecule has 0 atom stereocenters. The van der Waals surface area contributed by atoms with Crippen LogP contribution in [0.3, 0.4) is 0 Å². The Morgan fingerprint density at radius 1 is 1.24 bits per heavy atom. The average molecular weight is 473 g/mol. The zero-order chi connectivity index (χ0) is 24.5. The monoisotopic (exact) mass is 472 g/mol. The van der Waals surface area contributed by atoms with Crippen LogP contribution < -0.4 is 31.7 Å². The van der Waals surface area contributed by atoms with Crippen LogP contribution in [0.1, 0.15) is 28.9 Å². The fraction of sp³-hybridized carbons (Fsp3) is 0.455. The number of ether oxygens (including phenoxy) is 3. The number of aldehydes is 1. The van der Waals surface area contributed by atoms with Crippen LogP contribution in [0.4, 0.5) is 11.6 Å². The molecule has 0 spiro atoms. The summed E-state index contributed by atoms with van der Waals surface area (Å²) in [6.07, 6.45) is 5.62. The number of hydrogen-bond donors (Lipinski definition) is 3. The standard InChI is InChI=1S/C22H32N8O4/c1-29(25)12-18(23)16-9-19(21(24)26-11-16)34-14-15-3-5-30(6-4-15)20-10-17(13-31)27-22(28-20)33-8-7-32-2/h9-13,15H,3-8,14,23,25H2,1-2H3,(H2,24,26)/b18-12-. The zero-order valence-electron chi connectivity index (χ0n) is 19.5. The van der Waals surface area contributed by atoms with Gasteiger partial charge in [-0.25, -0.2) is 10.8 Å². The number of hydrogen-bond acceptors (Lipinski definition) is 12. The minimum atomic E-state index is 0.166. The fourth-order valence-corrected chi connectivity index (χ4v) is 3.49. The number of rotatable bonds is 11. The van der Waals surface area contributed by atoms with Crippen LogP contribution in [0, 0.1) is 5.92 Å². The van der Waals surface area contributed by atoms with E-state index >= 15 is 0 Å². The Labute approximate surface area is 198 Å². The van der Waals surface area contributed by atoms with Crippen molar-refractivity contribution in [2.24, 2.45) is 17.5 Å². The first-order valence-corrected chi connectivity index (χ1v) is 10.9. The van der Waals surface area contributed by atoms with Crippen molar-refractivity contribution in [2.45, 2.75) is 12.8 Å². The number of anilines is 2. The van der Waals surface area contributed by atoms with Gasteiger partial charge in [-0.2, -0.15) is 9.97 Å². The Morgan fingerprint density at radius 2 is 2.00 bits per heavy atom. The van der Waals surface area contributed by atoms with Crippen molar-refractivity contribution in [3.8, 4) is 11.8 Å². The first-order valence-electron chi connectivity index (χ1n) is 10.9. The van der Waals surface area contributed by atoms with Gasteiger partial charge in [-0.1, -0.05) is 0 Å². The lowest BCUT2D eigenvalue weighted by molar-refractivity contribution is 0.111. The van der Waals surface area contributed by atoms with Gasteiger partial charge in [0.1, 0.15) is 18.1 Å². The van der Waals surface area contributed by atoms with E-state index in [2.05, 4.69) is 19.9 Å². The molecule has 12 heteroatoms. The van der Waals surface area contributed by atoms with Crippen molar-refractivity contribution in [3.05, 3.63) is 35.8 Å². The Morgan fingerprint density at radius 3 is 2.68 bits per heavy atom. The van der Waals surface area contributed by atoms with E-state index in [0.717, 1.165) is 25.9 Å². The summed E-state index contributed by atoms with van der Waals surface area (Å²) < 4.78 is 16.5. The first kappa shape index (κ1) is 25.0. The summed E-state index contributed by atoms with van der Waals surface area (Å²) in [4.78, 5) is 26.1. The van der Waals surface area contributed by atoms with Gasteiger partial charge in [0, 0.05) is 51.3 Å². The van der Waals surface area contributed by atoms with Gasteiger partial charge in [0.25, 0.3) is 0 Å². The second kappa shape index (κ2) is 12.0. The fourth-order valence-electron chi connectivity index (χ4n) is 3.49. The maximum atomic E-state index is 11.3. The van der Waals surface area contributed by atoms with Gasteiger partial charge in [-0.05, 0) is 24.8 Å². The smallest absolute Gasteiger partial charge is 0.319 e. The van der Waals surface area contributed by atoms with Crippen molar-refractivity contribution < 1.29 is 19.0 Å². The predicted molar refractivity (Wildman–Crippen MR) is 128 cm³/mol. The van der Waals surface area contributed by atoms with Crippen molar-refractivity contribution in [2.75, 3.05) is 57.7 Å². The number of nitrogen functional groups attached to an aromatic ring is 1. The lowest BCUT2D eigenvalue weighted by atomic mass is 9.98. The molecule has 3 rings (SSSR count). The molecule has 1 aliphatic rings. The Balaban J connectivity index is 1.58. The molecule has 0 aliphatic carbocycles. The molecule has 6 N–H and O–H groups in total. The van der Waals surface area contributed by atoms with Gasteiger partial charge in [-0.3, -0.25) is 4.79 Å². The van der Waals surface area contributed by atoms with Gasteiger partial charge in [0.2, 0.25) is 0 Å². The molecule has 1 fully saturated rings. The summed E-state index contributed by atoms with van der Waals surface area (Å²) in [5.74, 6) is 7.40. The highest BCUT2D eigenvalue weighted by Gasteiger charge is 2.22. The molecule has 3 heterocycles. The van der Waals surface area contributed by atoms with E-state index in [-0.39, 0.29) is 11.7 Å². The van der Waals surface area contributed by atoms with Gasteiger partial charge >= 0.3 is 6.01 Å². The number of aromatic nitrogens is 3. The number of carbonyl (C=O) groups is 1. The molecular formula is C22H32N8O4. The molecule has 1 aliphatic heterocycles. The maximum absolute atomic E-state index is 11.3. The van der Waals surface area contributed by atoms with Crippen molar-refractivity contribution >= 4 is 23.6 Å². The van der Waals surface area contributed by atoms with Gasteiger partial charge in [-0.15, -0.1) is 0 Å². The molecule has 1 saturated heterocycles. The Hall–Kier alpha value is -3.64. The molecule has 0 saturated carbocycles. The number of pyridine rings is 1. The third-order valence-corrected chi connectivity index (χ3v) is 5.32. The van der Waals surface area contributed by atoms with E-state index in [1.807, 2.05) is 0 Å². The van der Waals surface area contributed by atoms with E-state index in [1.54, 1.807) is 38.7 Å². The molecule has 0 unspecified atom stereocenters. The number of nitrogens with two attached hydrogens (primary N) is 3. The number of methoxy groups -OCH3 is 1. The van der Waals surface area contributed by atoms with E-state index in [1.165, 1.54) is 5.01 Å². The summed E-state index contributed by atoms with van der Waals surface area (Å²) in [5, 5.41) is 1.37. The molecule has 12 nitrogen and oxygen atoms in total. The first-order chi connectivity index (χ1) is 16.4. The minimum Gasteiger partial charge on any atom is -0.489 e. The van der Waals surface area contributed by atoms with Crippen LogP contribution in [0.25, 0.3) is 5.70 Å². The van der Waals surface area contributed by atoms with E-state index < -0.39 is 0 Å². The van der Waals surface area contributed by atoms with Gasteiger partial charge < -0.3 is 35.6 Å². The van der Waals surface area contributed by atoms with Crippen LogP contribution in [0.2, 0.25) is 0 Å². The summed E-state index contributed by atoms with van der Waals surface area (Å²) in [5.41, 5.74) is 13.4. The molecule has 0 bridgehead atoms. The van der Waals surface area contributed by atoms with Gasteiger partial charge in [0.05, 0.1) is 18.9 Å². The average Bonchev–Trinajstić information content (AvgIpc) is 2.83. The summed E-state index contributed by atoms with van der Waals surface area (Å²) >= 11 is 0. The van der Waals surface area contributed by atoms with E-state index in [9.17, 15) is 4.79 Å². The lowest BCUT2D eigenvalue weighted by Crippen LogP contribution is -2.36. The number of hydrazine groups is 1. The number of carbonyl (C=O) groups excluding carboxylic acids is 1. The van der Waals surface area contributed by atoms with Crippen LogP contribution in [0.15, 0.2) is 24.5 Å². The summed E-state index contributed by atoms with van der Waals surface area (Å²) in [7, 11) is 3.26. The zero-order valence-corrected chi connectivity index (χ0v) is 19.5. The lowest BCUT2D eigenvalue weighted by Gasteiger charge is -2.32. The molecule has 34 heavy (non-hydrogen) atoms. The summed E-state index contributed by atoms with van der Waals surface area (Å²) in [6, 6.07) is 3.60. The van der Waals surface area contributed by atoms with Crippen LogP contribution in [0.5, 0.6) is 11.8 Å². The SMILES string of the molecule is COCCOc1nc(C=O)cc(N2CCC(COc3cc(/C(N)=C/N(C)N)cnc3N)CC2)n1. The summed E-state index contributed by atoms with van der Waals surface area (Å²) in [6.45, 7) is 2.73. The van der Waals surface area contributed by atoms with Gasteiger partial charge in [0.15, 0.2) is 17.9 Å². The highest BCUT2D eigenvalue weighted by atomic mass is 16.5. The topological polar surface area (TPSA) is 168 Å². The molecule has 0 aromatic carbocycles. The molecule has 2 aromatic rings. The van der Waals surface area contributed by atoms with Crippen molar-refractivity contribution in [1.29, 1.82) is 0 Å². The molecule has 0 radical (unpaired) electrons. The highest BCUT2D eigenvalue weighted by Crippen LogP contribution is 2.27. The largest absolute Gasteiger partial charge is 0.489 e. The number of nitrogens with zero attached hydrogens (tertiary/aromatic N) is 5. The molecular weight excluding hydrogens is 440 g/mol. The number of piperidine rings is 1. The quantitative estimate of drug-likeness (QED) is 0.181. The van der Waals surface area contributed by atoms with Crippen LogP contribution in [-0.4, -0.2) is 73.3 Å². The minimum absolute atomic E-state index is 0.166. The Bertz CT molecular complexity index is 993. The maximum Gasteiger partial charge on any atom is 0.319 e. The highest BCUT2D eigenvalue weighted by molar-refractivity contribution is 5.73. The van der Waals surface area contributed by atoms with Crippen molar-refractivity contribution in [1.82, 2.24) is 20.0 Å². The van der Waals surface area contributed by atoms with Crippen LogP contribution >= 0.6 is 0 Å². The van der Waals surface area contributed by atoms with Crippen LogP contribution in [-0.2, 0) is 4.74 Å². The van der Waals surface area contributed by atoms with E-state index in [0.29, 0.717) is 60.7 Å². The van der Waals surface area contributed by atoms with E-state index in [4.69, 9.17) is 31.5 Å².